The van der Waals surface area contributed by atoms with Gasteiger partial charge in [0.2, 0.25) is 0 Å². The van der Waals surface area contributed by atoms with E-state index in [1.54, 1.807) is 0 Å². The van der Waals surface area contributed by atoms with E-state index in [1.165, 1.54) is 15.2 Å². The first-order valence-electron chi connectivity index (χ1n) is 0.476. The molecule has 0 aliphatic carbocycles. The standard InChI is InChI=1S/CH3.ClH.Cu.H2N/h1H3;1H;;1H2/q;;+1;-1. The molecule has 0 radical (unpaired) electrons. The summed E-state index contributed by atoms with van der Waals surface area (Å²) in [4.78, 5) is 0. The Morgan fingerprint density at radius 1 is 1.75 bits per heavy atom. The van der Waals surface area contributed by atoms with Crippen LogP contribution in [0, 0.1) is 0 Å². The molecule has 4 heavy (non-hydrogen) atoms. The molecule has 1 nitrogen and oxygen atoms in total. The van der Waals surface area contributed by atoms with Gasteiger partial charge in [-0.3, -0.25) is 0 Å². The minimum absolute atomic E-state index is 0. The van der Waals surface area contributed by atoms with E-state index in [9.17, 15) is 0 Å². The molecule has 0 amide bonds. The van der Waals surface area contributed by atoms with Crippen LogP contribution >= 0.6 is 12.4 Å². The van der Waals surface area contributed by atoms with Crippen LogP contribution in [0.25, 0.3) is 0 Å². The second kappa shape index (κ2) is 9.23. The number of hydrogen-bond donors (Lipinski definition) is 1. The molecule has 0 aromatic carbocycles. The van der Waals surface area contributed by atoms with Crippen LogP contribution in [0.1, 0.15) is 0 Å². The van der Waals surface area contributed by atoms with Crippen molar-refractivity contribution >= 4 is 12.4 Å². The predicted octanol–water partition coefficient (Wildman–Crippen LogP) is 0.413. The van der Waals surface area contributed by atoms with Crippen molar-refractivity contribution < 1.29 is 15.2 Å². The zero-order chi connectivity index (χ0) is 2.71. The topological polar surface area (TPSA) is 26.0 Å². The van der Waals surface area contributed by atoms with Gasteiger partial charge < -0.3 is 0 Å². The summed E-state index contributed by atoms with van der Waals surface area (Å²) >= 11 is 1.31. The third-order valence-corrected chi connectivity index (χ3v) is 0. The summed E-state index contributed by atoms with van der Waals surface area (Å²) in [5.74, 6) is 1.81. The number of halogens is 1. The molecule has 0 bridgehead atoms. The molecule has 0 spiro atoms. The van der Waals surface area contributed by atoms with Crippen molar-refractivity contribution in [3.05, 3.63) is 0 Å². The molecule has 0 rings (SSSR count). The fraction of sp³-hybridized carbons (Fsp3) is 1.00. The Kier molecular flexibility index (Phi) is 20.4. The average Bonchev–Trinajstić information content (AvgIpc) is 0.918. The van der Waals surface area contributed by atoms with Gasteiger partial charge in [-0.2, -0.15) is 0 Å². The Morgan fingerprint density at radius 2 is 1.75 bits per heavy atom. The van der Waals surface area contributed by atoms with Gasteiger partial charge in [-0.25, -0.2) is 0 Å². The Bertz CT molecular complexity index is 8.00. The van der Waals surface area contributed by atoms with Crippen molar-refractivity contribution in [1.82, 2.24) is 0 Å². The Morgan fingerprint density at radius 3 is 1.75 bits per heavy atom. The van der Waals surface area contributed by atoms with E-state index in [2.05, 4.69) is 0 Å². The van der Waals surface area contributed by atoms with E-state index >= 15 is 0 Å². The van der Waals surface area contributed by atoms with Crippen LogP contribution in [0.5, 0.6) is 0 Å². The first-order chi connectivity index (χ1) is 1.41. The predicted molar refractivity (Wildman–Crippen MR) is 17.3 cm³/mol. The SMILES string of the molecule is Cl.[CH3][Cu][NH2]. The second-order valence-electron chi connectivity index (χ2n) is 0.174. The quantitative estimate of drug-likeness (QED) is 0.473. The molecular formula is CH6ClCuN. The molecule has 0 saturated carbocycles. The van der Waals surface area contributed by atoms with Gasteiger partial charge in [-0.15, -0.1) is 12.4 Å². The molecule has 0 aliphatic heterocycles. The molecule has 0 saturated heterocycles. The van der Waals surface area contributed by atoms with Crippen LogP contribution in [0.3, 0.4) is 0 Å². The van der Waals surface area contributed by atoms with Gasteiger partial charge in [-0.1, -0.05) is 0 Å². The minimum atomic E-state index is 0. The van der Waals surface area contributed by atoms with Gasteiger partial charge >= 0.3 is 25.7 Å². The second-order valence-corrected chi connectivity index (χ2v) is 0.718. The summed E-state index contributed by atoms with van der Waals surface area (Å²) in [6, 6.07) is 0. The molecule has 33 valence electrons. The van der Waals surface area contributed by atoms with Crippen molar-refractivity contribution in [3.8, 4) is 0 Å². The van der Waals surface area contributed by atoms with Crippen molar-refractivity contribution in [3.63, 3.8) is 0 Å². The third kappa shape index (κ3) is 14.6. The molecule has 0 aromatic rings. The normalized spacial score (nSPS) is 5.50. The molecule has 0 unspecified atom stereocenters. The Labute approximate surface area is 38.7 Å². The number of rotatable bonds is 0. The summed E-state index contributed by atoms with van der Waals surface area (Å²) in [5.41, 5.74) is 0. The fourth-order valence-corrected chi connectivity index (χ4v) is 0. The number of hydrogen-bond acceptors (Lipinski definition) is 1. The van der Waals surface area contributed by atoms with Gasteiger partial charge in [-0.05, 0) is 0 Å². The van der Waals surface area contributed by atoms with Crippen LogP contribution < -0.4 is 4.75 Å². The summed E-state index contributed by atoms with van der Waals surface area (Å²) in [6.07, 6.45) is 0. The molecule has 0 atom stereocenters. The Balaban J connectivity index is 0. The molecule has 0 fully saturated rings. The maximum atomic E-state index is 4.75. The molecule has 0 aromatic heterocycles. The molecule has 0 heterocycles. The number of nitrogens with two attached hydrogens (primary N) is 1. The average molecular weight is 131 g/mol. The van der Waals surface area contributed by atoms with Gasteiger partial charge in [0.05, 0.1) is 0 Å². The molecular weight excluding hydrogens is 125 g/mol. The molecule has 2 N–H and O–H groups in total. The van der Waals surface area contributed by atoms with Crippen molar-refractivity contribution in [2.75, 3.05) is 0 Å². The summed E-state index contributed by atoms with van der Waals surface area (Å²) in [7, 11) is 0. The van der Waals surface area contributed by atoms with Crippen LogP contribution in [0.2, 0.25) is 5.82 Å². The van der Waals surface area contributed by atoms with Gasteiger partial charge in [0.1, 0.15) is 0 Å². The third-order valence-electron chi connectivity index (χ3n) is 0. The summed E-state index contributed by atoms with van der Waals surface area (Å²) in [6.45, 7) is 0. The maximum absolute atomic E-state index is 4.75. The van der Waals surface area contributed by atoms with Crippen LogP contribution in [-0.4, -0.2) is 0 Å². The Hall–Kier alpha value is 0.769. The van der Waals surface area contributed by atoms with E-state index in [0.29, 0.717) is 0 Å². The first-order valence-corrected chi connectivity index (χ1v) is 1.96. The van der Waals surface area contributed by atoms with E-state index in [-0.39, 0.29) is 12.4 Å². The zero-order valence-corrected chi connectivity index (χ0v) is 4.05. The van der Waals surface area contributed by atoms with Crippen LogP contribution in [0.15, 0.2) is 0 Å². The first kappa shape index (κ1) is 8.84. The van der Waals surface area contributed by atoms with Gasteiger partial charge in [0.25, 0.3) is 0 Å². The van der Waals surface area contributed by atoms with Crippen LogP contribution in [0.4, 0.5) is 0 Å². The van der Waals surface area contributed by atoms with E-state index in [1.807, 2.05) is 5.82 Å². The summed E-state index contributed by atoms with van der Waals surface area (Å²) in [5, 5.41) is 0. The summed E-state index contributed by atoms with van der Waals surface area (Å²) < 4.78 is 4.75. The molecule has 0 aliphatic rings. The monoisotopic (exact) mass is 130 g/mol. The van der Waals surface area contributed by atoms with Crippen molar-refractivity contribution in [2.24, 2.45) is 4.75 Å². The van der Waals surface area contributed by atoms with Crippen LogP contribution in [-0.2, 0) is 15.2 Å². The van der Waals surface area contributed by atoms with E-state index in [4.69, 9.17) is 4.75 Å². The zero-order valence-electron chi connectivity index (χ0n) is 2.29. The van der Waals surface area contributed by atoms with Gasteiger partial charge in [0, 0.05) is 0 Å². The molecule has 3 heteroatoms. The van der Waals surface area contributed by atoms with Crippen molar-refractivity contribution in [2.45, 2.75) is 5.82 Å². The van der Waals surface area contributed by atoms with Gasteiger partial charge in [0.15, 0.2) is 0 Å². The fourth-order valence-electron chi connectivity index (χ4n) is 0. The van der Waals surface area contributed by atoms with E-state index in [0.717, 1.165) is 0 Å². The van der Waals surface area contributed by atoms with Crippen molar-refractivity contribution in [1.29, 1.82) is 0 Å². The van der Waals surface area contributed by atoms with E-state index < -0.39 is 0 Å².